The van der Waals surface area contributed by atoms with Gasteiger partial charge in [0.05, 0.1) is 11.1 Å². The minimum absolute atomic E-state index is 0.0953. The van der Waals surface area contributed by atoms with Crippen LogP contribution in [0.2, 0.25) is 0 Å². The smallest absolute Gasteiger partial charge is 0.336 e. The molecule has 0 bridgehead atoms. The third kappa shape index (κ3) is 3.81. The molecular formula is C24H15F2NO4. The summed E-state index contributed by atoms with van der Waals surface area (Å²) in [7, 11) is 0. The van der Waals surface area contributed by atoms with Crippen LogP contribution in [0.5, 0.6) is 0 Å². The van der Waals surface area contributed by atoms with Crippen LogP contribution in [0.1, 0.15) is 20.7 Å². The van der Waals surface area contributed by atoms with E-state index in [2.05, 4.69) is 5.32 Å². The Morgan fingerprint density at radius 1 is 0.645 bits per heavy atom. The van der Waals surface area contributed by atoms with Gasteiger partial charge in [-0.2, -0.15) is 0 Å². The second-order valence-electron chi connectivity index (χ2n) is 6.82. The Morgan fingerprint density at radius 2 is 1.16 bits per heavy atom. The predicted octanol–water partition coefficient (Wildman–Crippen LogP) is 5.93. The Morgan fingerprint density at radius 3 is 1.74 bits per heavy atom. The molecule has 0 heterocycles. The number of anilines is 2. The van der Waals surface area contributed by atoms with E-state index >= 15 is 0 Å². The van der Waals surface area contributed by atoms with E-state index in [0.717, 1.165) is 0 Å². The van der Waals surface area contributed by atoms with E-state index in [9.17, 15) is 28.6 Å². The number of carboxylic acids is 2. The lowest BCUT2D eigenvalue weighted by Crippen LogP contribution is -2.06. The van der Waals surface area contributed by atoms with Gasteiger partial charge in [0.2, 0.25) is 0 Å². The van der Waals surface area contributed by atoms with Crippen LogP contribution in [0.15, 0.2) is 72.8 Å². The molecule has 0 atom stereocenters. The lowest BCUT2D eigenvalue weighted by Gasteiger charge is -2.17. The third-order valence-corrected chi connectivity index (χ3v) is 4.90. The Labute approximate surface area is 175 Å². The van der Waals surface area contributed by atoms with Crippen molar-refractivity contribution >= 4 is 34.1 Å². The van der Waals surface area contributed by atoms with Crippen LogP contribution in [0.25, 0.3) is 21.9 Å². The highest BCUT2D eigenvalue weighted by molar-refractivity contribution is 6.19. The van der Waals surface area contributed by atoms with Crippen LogP contribution >= 0.6 is 0 Å². The molecule has 0 spiro atoms. The average molecular weight is 419 g/mol. The number of nitrogens with one attached hydrogen (secondary N) is 1. The zero-order chi connectivity index (χ0) is 22.1. The zero-order valence-corrected chi connectivity index (χ0v) is 15.9. The molecule has 5 nitrogen and oxygen atoms in total. The van der Waals surface area contributed by atoms with Crippen molar-refractivity contribution in [1.82, 2.24) is 0 Å². The standard InChI is InChI=1S/C24H15F2NO4/c25-14-3-1-13(2-4-14)17-9-10-19(24(30)31)22-20(12-11-18(21(17)22)23(28)29)27-16-7-5-15(26)6-8-16/h1-12,27H,(H,28,29)(H,30,31). The van der Waals surface area contributed by atoms with Gasteiger partial charge in [0.1, 0.15) is 11.6 Å². The first kappa shape index (κ1) is 20.0. The molecule has 0 aliphatic carbocycles. The van der Waals surface area contributed by atoms with Crippen molar-refractivity contribution in [2.75, 3.05) is 5.32 Å². The SMILES string of the molecule is O=C(O)c1ccc(-c2ccc(F)cc2)c2c(C(=O)O)ccc(Nc3ccc(F)cc3)c12. The van der Waals surface area contributed by atoms with Crippen molar-refractivity contribution in [3.05, 3.63) is 95.6 Å². The van der Waals surface area contributed by atoms with E-state index in [4.69, 9.17) is 0 Å². The van der Waals surface area contributed by atoms with Crippen LogP contribution in [0, 0.1) is 11.6 Å². The highest BCUT2D eigenvalue weighted by Crippen LogP contribution is 2.39. The molecule has 4 aromatic rings. The van der Waals surface area contributed by atoms with Gasteiger partial charge < -0.3 is 15.5 Å². The van der Waals surface area contributed by atoms with E-state index < -0.39 is 23.6 Å². The molecule has 7 heteroatoms. The molecule has 0 amide bonds. The highest BCUT2D eigenvalue weighted by atomic mass is 19.1. The number of hydrogen-bond acceptors (Lipinski definition) is 3. The number of halogens is 2. The first-order valence-corrected chi connectivity index (χ1v) is 9.20. The molecule has 0 saturated carbocycles. The van der Waals surface area contributed by atoms with E-state index in [0.29, 0.717) is 22.5 Å². The van der Waals surface area contributed by atoms with Crippen LogP contribution < -0.4 is 5.32 Å². The fourth-order valence-electron chi connectivity index (χ4n) is 3.51. The van der Waals surface area contributed by atoms with Crippen molar-refractivity contribution in [3.63, 3.8) is 0 Å². The van der Waals surface area contributed by atoms with Crippen molar-refractivity contribution in [3.8, 4) is 11.1 Å². The van der Waals surface area contributed by atoms with Gasteiger partial charge in [-0.05, 0) is 65.7 Å². The number of carbonyl (C=O) groups is 2. The van der Waals surface area contributed by atoms with E-state index in [-0.39, 0.29) is 21.9 Å². The van der Waals surface area contributed by atoms with Gasteiger partial charge in [-0.25, -0.2) is 18.4 Å². The molecule has 3 N–H and O–H groups in total. The summed E-state index contributed by atoms with van der Waals surface area (Å²) >= 11 is 0. The van der Waals surface area contributed by atoms with Crippen LogP contribution in [-0.2, 0) is 0 Å². The van der Waals surface area contributed by atoms with Gasteiger partial charge in [0.25, 0.3) is 0 Å². The van der Waals surface area contributed by atoms with Gasteiger partial charge in [0.15, 0.2) is 0 Å². The Hall–Kier alpha value is -4.26. The Balaban J connectivity index is 2.05. The zero-order valence-electron chi connectivity index (χ0n) is 15.9. The molecule has 0 saturated heterocycles. The molecule has 4 rings (SSSR count). The molecule has 0 fully saturated rings. The fourth-order valence-corrected chi connectivity index (χ4v) is 3.51. The number of hydrogen-bond donors (Lipinski definition) is 3. The van der Waals surface area contributed by atoms with Gasteiger partial charge in [-0.3, -0.25) is 0 Å². The summed E-state index contributed by atoms with van der Waals surface area (Å²) in [6.07, 6.45) is 0. The molecule has 0 aliphatic rings. The van der Waals surface area contributed by atoms with E-state index in [1.54, 1.807) is 0 Å². The maximum atomic E-state index is 13.4. The normalized spacial score (nSPS) is 10.8. The minimum Gasteiger partial charge on any atom is -0.478 e. The molecule has 0 aliphatic heterocycles. The predicted molar refractivity (Wildman–Crippen MR) is 113 cm³/mol. The Bertz CT molecular complexity index is 1320. The van der Waals surface area contributed by atoms with Crippen LogP contribution in [-0.4, -0.2) is 22.2 Å². The summed E-state index contributed by atoms with van der Waals surface area (Å²) in [6, 6.07) is 16.7. The summed E-state index contributed by atoms with van der Waals surface area (Å²) in [5, 5.41) is 23.0. The molecular weight excluding hydrogens is 404 g/mol. The largest absolute Gasteiger partial charge is 0.478 e. The third-order valence-electron chi connectivity index (χ3n) is 4.90. The van der Waals surface area contributed by atoms with Gasteiger partial charge in [-0.1, -0.05) is 18.2 Å². The maximum Gasteiger partial charge on any atom is 0.336 e. The Kier molecular flexibility index (Phi) is 5.09. The lowest BCUT2D eigenvalue weighted by atomic mass is 9.90. The van der Waals surface area contributed by atoms with Crippen molar-refractivity contribution in [2.45, 2.75) is 0 Å². The van der Waals surface area contributed by atoms with Crippen molar-refractivity contribution in [1.29, 1.82) is 0 Å². The van der Waals surface area contributed by atoms with Gasteiger partial charge in [-0.15, -0.1) is 0 Å². The molecule has 0 unspecified atom stereocenters. The number of carboxylic acid groups (broad SMARTS) is 2. The highest BCUT2D eigenvalue weighted by Gasteiger charge is 2.21. The number of rotatable bonds is 5. The summed E-state index contributed by atoms with van der Waals surface area (Å²) in [4.78, 5) is 23.9. The summed E-state index contributed by atoms with van der Waals surface area (Å²) in [5.41, 5.74) is 1.61. The summed E-state index contributed by atoms with van der Waals surface area (Å²) in [6.45, 7) is 0. The average Bonchev–Trinajstić information content (AvgIpc) is 2.75. The number of benzene rings is 4. The van der Waals surface area contributed by atoms with Crippen molar-refractivity contribution in [2.24, 2.45) is 0 Å². The molecule has 0 aromatic heterocycles. The van der Waals surface area contributed by atoms with Crippen molar-refractivity contribution < 1.29 is 28.6 Å². The quantitative estimate of drug-likeness (QED) is 0.374. The first-order chi connectivity index (χ1) is 14.8. The van der Waals surface area contributed by atoms with E-state index in [1.807, 2.05) is 0 Å². The second-order valence-corrected chi connectivity index (χ2v) is 6.82. The number of aromatic carboxylic acids is 2. The number of fused-ring (bicyclic) bond motifs is 1. The molecule has 154 valence electrons. The van der Waals surface area contributed by atoms with Crippen LogP contribution in [0.3, 0.4) is 0 Å². The molecule has 0 radical (unpaired) electrons. The fraction of sp³-hybridized carbons (Fsp3) is 0. The maximum absolute atomic E-state index is 13.4. The van der Waals surface area contributed by atoms with Gasteiger partial charge in [0, 0.05) is 22.1 Å². The van der Waals surface area contributed by atoms with Gasteiger partial charge >= 0.3 is 11.9 Å². The molecule has 31 heavy (non-hydrogen) atoms. The second kappa shape index (κ2) is 7.87. The first-order valence-electron chi connectivity index (χ1n) is 9.20. The monoisotopic (exact) mass is 419 g/mol. The molecule has 4 aromatic carbocycles. The summed E-state index contributed by atoms with van der Waals surface area (Å²) < 4.78 is 26.7. The van der Waals surface area contributed by atoms with E-state index in [1.165, 1.54) is 72.8 Å². The minimum atomic E-state index is -1.24. The van der Waals surface area contributed by atoms with Crippen LogP contribution in [0.4, 0.5) is 20.2 Å². The summed E-state index contributed by atoms with van der Waals surface area (Å²) in [5.74, 6) is -3.35. The topological polar surface area (TPSA) is 86.6 Å². The lowest BCUT2D eigenvalue weighted by molar-refractivity contribution is 0.0686.